The molecular formula is C15H16O2. The molecule has 0 saturated carbocycles. The van der Waals surface area contributed by atoms with Crippen molar-refractivity contribution < 1.29 is 9.53 Å². The van der Waals surface area contributed by atoms with E-state index in [2.05, 4.69) is 0 Å². The summed E-state index contributed by atoms with van der Waals surface area (Å²) in [7, 11) is 0. The van der Waals surface area contributed by atoms with Crippen molar-refractivity contribution in [2.45, 2.75) is 13.8 Å². The number of carbonyl (C=O) groups is 1. The zero-order valence-electron chi connectivity index (χ0n) is 10.1. The average molecular weight is 228 g/mol. The number of fused-ring (bicyclic) bond motifs is 1. The minimum atomic E-state index is -0.240. The minimum absolute atomic E-state index is 0.240. The van der Waals surface area contributed by atoms with Crippen LogP contribution in [0.4, 0.5) is 0 Å². The Balaban J connectivity index is 2.32. The summed E-state index contributed by atoms with van der Waals surface area (Å²) < 4.78 is 5.26. The lowest BCUT2D eigenvalue weighted by atomic mass is 10.0. The molecule has 0 bridgehead atoms. The summed E-state index contributed by atoms with van der Waals surface area (Å²) in [6.45, 7) is 4.51. The maximum atomic E-state index is 11.9. The van der Waals surface area contributed by atoms with Gasteiger partial charge in [0.15, 0.2) is 0 Å². The lowest BCUT2D eigenvalue weighted by molar-refractivity contribution is 0.0461. The van der Waals surface area contributed by atoms with E-state index in [1.165, 1.54) is 0 Å². The number of rotatable bonds is 3. The molecular weight excluding hydrogens is 212 g/mol. The molecule has 2 rings (SSSR count). The summed E-state index contributed by atoms with van der Waals surface area (Å²) in [4.78, 5) is 11.9. The maximum Gasteiger partial charge on any atom is 0.338 e. The average Bonchev–Trinajstić information content (AvgIpc) is 2.35. The number of esters is 1. The van der Waals surface area contributed by atoms with Crippen LogP contribution in [0.15, 0.2) is 42.5 Å². The van der Waals surface area contributed by atoms with E-state index >= 15 is 0 Å². The van der Waals surface area contributed by atoms with Gasteiger partial charge in [0.05, 0.1) is 12.2 Å². The second-order valence-corrected chi connectivity index (χ2v) is 4.52. The molecule has 0 heterocycles. The Morgan fingerprint density at radius 2 is 1.82 bits per heavy atom. The van der Waals surface area contributed by atoms with Crippen LogP contribution in [0.5, 0.6) is 0 Å². The molecule has 0 atom stereocenters. The molecule has 0 amide bonds. The topological polar surface area (TPSA) is 26.3 Å². The van der Waals surface area contributed by atoms with Crippen LogP contribution < -0.4 is 0 Å². The first-order valence-electron chi connectivity index (χ1n) is 5.83. The van der Waals surface area contributed by atoms with Gasteiger partial charge in [-0.1, -0.05) is 50.2 Å². The van der Waals surface area contributed by atoms with Crippen LogP contribution in [-0.2, 0) is 4.74 Å². The minimum Gasteiger partial charge on any atom is -0.462 e. The van der Waals surface area contributed by atoms with Crippen molar-refractivity contribution >= 4 is 16.7 Å². The third-order valence-electron chi connectivity index (χ3n) is 2.56. The molecule has 88 valence electrons. The third kappa shape index (κ3) is 2.64. The third-order valence-corrected chi connectivity index (χ3v) is 2.56. The summed E-state index contributed by atoms with van der Waals surface area (Å²) in [5.74, 6) is 0.115. The molecule has 0 fully saturated rings. The van der Waals surface area contributed by atoms with Crippen LogP contribution in [0, 0.1) is 5.92 Å². The quantitative estimate of drug-likeness (QED) is 0.749. The largest absolute Gasteiger partial charge is 0.462 e. The second-order valence-electron chi connectivity index (χ2n) is 4.52. The van der Waals surface area contributed by atoms with Gasteiger partial charge in [0.25, 0.3) is 0 Å². The van der Waals surface area contributed by atoms with Crippen molar-refractivity contribution in [1.29, 1.82) is 0 Å². The Hall–Kier alpha value is -1.83. The standard InChI is InChI=1S/C15H16O2/c1-11(2)10-17-15(16)14-9-5-7-12-6-3-4-8-13(12)14/h3-9,11H,10H2,1-2H3. The summed E-state index contributed by atoms with van der Waals surface area (Å²) >= 11 is 0. The van der Waals surface area contributed by atoms with Gasteiger partial charge in [-0.2, -0.15) is 0 Å². The number of hydrogen-bond donors (Lipinski definition) is 0. The number of ether oxygens (including phenoxy) is 1. The molecule has 2 heteroatoms. The van der Waals surface area contributed by atoms with Gasteiger partial charge in [-0.05, 0) is 22.8 Å². The molecule has 0 unspecified atom stereocenters. The van der Waals surface area contributed by atoms with E-state index in [1.54, 1.807) is 0 Å². The smallest absolute Gasteiger partial charge is 0.338 e. The lowest BCUT2D eigenvalue weighted by Crippen LogP contribution is -2.10. The monoisotopic (exact) mass is 228 g/mol. The summed E-state index contributed by atoms with van der Waals surface area (Å²) in [5, 5.41) is 2.01. The van der Waals surface area contributed by atoms with Crippen LogP contribution in [0.3, 0.4) is 0 Å². The Labute approximate surface area is 101 Å². The van der Waals surface area contributed by atoms with Gasteiger partial charge in [0.2, 0.25) is 0 Å². The highest BCUT2D eigenvalue weighted by Crippen LogP contribution is 2.19. The van der Waals surface area contributed by atoms with Gasteiger partial charge >= 0.3 is 5.97 Å². The number of benzene rings is 2. The van der Waals surface area contributed by atoms with E-state index in [-0.39, 0.29) is 5.97 Å². The predicted octanol–water partition coefficient (Wildman–Crippen LogP) is 3.65. The van der Waals surface area contributed by atoms with Gasteiger partial charge in [-0.3, -0.25) is 0 Å². The molecule has 2 aromatic rings. The van der Waals surface area contributed by atoms with E-state index in [0.29, 0.717) is 18.1 Å². The van der Waals surface area contributed by atoms with Crippen molar-refractivity contribution in [3.63, 3.8) is 0 Å². The van der Waals surface area contributed by atoms with Crippen molar-refractivity contribution in [3.8, 4) is 0 Å². The van der Waals surface area contributed by atoms with Crippen LogP contribution in [0.1, 0.15) is 24.2 Å². The fourth-order valence-electron chi connectivity index (χ4n) is 1.72. The first-order chi connectivity index (χ1) is 8.18. The Kier molecular flexibility index (Phi) is 3.43. The van der Waals surface area contributed by atoms with Crippen molar-refractivity contribution in [2.75, 3.05) is 6.61 Å². The Morgan fingerprint density at radius 1 is 1.12 bits per heavy atom. The second kappa shape index (κ2) is 5.00. The molecule has 2 aromatic carbocycles. The molecule has 0 aromatic heterocycles. The normalized spacial score (nSPS) is 10.8. The predicted molar refractivity (Wildman–Crippen MR) is 69.1 cm³/mol. The summed E-state index contributed by atoms with van der Waals surface area (Å²) in [6, 6.07) is 13.5. The number of carbonyl (C=O) groups excluding carboxylic acids is 1. The first-order valence-corrected chi connectivity index (χ1v) is 5.83. The molecule has 0 aliphatic carbocycles. The molecule has 0 saturated heterocycles. The van der Waals surface area contributed by atoms with E-state index in [9.17, 15) is 4.79 Å². The maximum absolute atomic E-state index is 11.9. The van der Waals surface area contributed by atoms with Crippen molar-refractivity contribution in [2.24, 2.45) is 5.92 Å². The van der Waals surface area contributed by atoms with Crippen LogP contribution >= 0.6 is 0 Å². The fraction of sp³-hybridized carbons (Fsp3) is 0.267. The SMILES string of the molecule is CC(C)COC(=O)c1cccc2ccccc12. The summed E-state index contributed by atoms with van der Waals surface area (Å²) in [5.41, 5.74) is 0.642. The Morgan fingerprint density at radius 3 is 2.59 bits per heavy atom. The fourth-order valence-corrected chi connectivity index (χ4v) is 1.72. The molecule has 0 aliphatic heterocycles. The van der Waals surface area contributed by atoms with E-state index in [4.69, 9.17) is 4.74 Å². The highest BCUT2D eigenvalue weighted by molar-refractivity contribution is 6.04. The zero-order chi connectivity index (χ0) is 12.3. The zero-order valence-corrected chi connectivity index (χ0v) is 10.1. The molecule has 0 spiro atoms. The lowest BCUT2D eigenvalue weighted by Gasteiger charge is -2.09. The Bertz CT molecular complexity index is 524. The van der Waals surface area contributed by atoms with Crippen molar-refractivity contribution in [1.82, 2.24) is 0 Å². The van der Waals surface area contributed by atoms with Crippen LogP contribution in [0.2, 0.25) is 0 Å². The molecule has 0 N–H and O–H groups in total. The molecule has 0 radical (unpaired) electrons. The molecule has 17 heavy (non-hydrogen) atoms. The van der Waals surface area contributed by atoms with Gasteiger partial charge in [-0.25, -0.2) is 4.79 Å². The van der Waals surface area contributed by atoms with E-state index in [0.717, 1.165) is 10.8 Å². The van der Waals surface area contributed by atoms with Crippen LogP contribution in [-0.4, -0.2) is 12.6 Å². The van der Waals surface area contributed by atoms with Gasteiger partial charge in [0, 0.05) is 0 Å². The molecule has 0 aliphatic rings. The van der Waals surface area contributed by atoms with Gasteiger partial charge in [-0.15, -0.1) is 0 Å². The summed E-state index contributed by atoms with van der Waals surface area (Å²) in [6.07, 6.45) is 0. The number of hydrogen-bond acceptors (Lipinski definition) is 2. The first kappa shape index (κ1) is 11.6. The van der Waals surface area contributed by atoms with Crippen molar-refractivity contribution in [3.05, 3.63) is 48.0 Å². The van der Waals surface area contributed by atoms with Gasteiger partial charge < -0.3 is 4.74 Å². The highest BCUT2D eigenvalue weighted by atomic mass is 16.5. The van der Waals surface area contributed by atoms with Gasteiger partial charge in [0.1, 0.15) is 0 Å². The van der Waals surface area contributed by atoms with Crippen LogP contribution in [0.25, 0.3) is 10.8 Å². The van der Waals surface area contributed by atoms with E-state index in [1.807, 2.05) is 56.3 Å². The highest BCUT2D eigenvalue weighted by Gasteiger charge is 2.11. The molecule has 2 nitrogen and oxygen atoms in total. The van der Waals surface area contributed by atoms with E-state index < -0.39 is 0 Å².